The summed E-state index contributed by atoms with van der Waals surface area (Å²) in [5.41, 5.74) is 0.128. The standard InChI is InChI=1S/C13H8ClF2NO/c14-17(12-7-6-10(15)8-11(12)16)13(18)9-4-2-1-3-5-9/h1-8H. The largest absolute Gasteiger partial charge is 0.273 e. The van der Waals surface area contributed by atoms with Gasteiger partial charge in [0.15, 0.2) is 5.82 Å². The van der Waals surface area contributed by atoms with Gasteiger partial charge in [0, 0.05) is 23.4 Å². The molecule has 0 atom stereocenters. The van der Waals surface area contributed by atoms with Crippen LogP contribution in [0, 0.1) is 11.6 Å². The zero-order chi connectivity index (χ0) is 13.1. The zero-order valence-electron chi connectivity index (χ0n) is 9.11. The van der Waals surface area contributed by atoms with Crippen molar-refractivity contribution in [3.05, 3.63) is 65.7 Å². The molecule has 92 valence electrons. The van der Waals surface area contributed by atoms with E-state index in [0.717, 1.165) is 12.1 Å². The van der Waals surface area contributed by atoms with Crippen LogP contribution in [0.15, 0.2) is 48.5 Å². The minimum Gasteiger partial charge on any atom is -0.267 e. The van der Waals surface area contributed by atoms with E-state index in [0.29, 0.717) is 16.0 Å². The van der Waals surface area contributed by atoms with E-state index >= 15 is 0 Å². The van der Waals surface area contributed by atoms with Crippen LogP contribution in [0.1, 0.15) is 10.4 Å². The molecule has 5 heteroatoms. The lowest BCUT2D eigenvalue weighted by molar-refractivity contribution is 0.100. The molecule has 0 saturated carbocycles. The highest BCUT2D eigenvalue weighted by atomic mass is 35.5. The summed E-state index contributed by atoms with van der Waals surface area (Å²) in [5.74, 6) is -2.20. The Morgan fingerprint density at radius 2 is 1.72 bits per heavy atom. The Bertz CT molecular complexity index is 574. The number of hydrogen-bond donors (Lipinski definition) is 0. The van der Waals surface area contributed by atoms with Gasteiger partial charge in [-0.05, 0) is 24.3 Å². The van der Waals surface area contributed by atoms with Gasteiger partial charge in [0.2, 0.25) is 0 Å². The zero-order valence-corrected chi connectivity index (χ0v) is 9.86. The van der Waals surface area contributed by atoms with Crippen LogP contribution in [-0.2, 0) is 0 Å². The number of amides is 1. The van der Waals surface area contributed by atoms with Crippen LogP contribution < -0.4 is 4.42 Å². The molecular weight excluding hydrogens is 260 g/mol. The number of benzene rings is 2. The normalized spacial score (nSPS) is 10.2. The number of carbonyl (C=O) groups is 1. The number of anilines is 1. The summed E-state index contributed by atoms with van der Waals surface area (Å²) in [5, 5.41) is 0. The molecule has 0 fully saturated rings. The van der Waals surface area contributed by atoms with Crippen molar-refractivity contribution in [3.8, 4) is 0 Å². The summed E-state index contributed by atoms with van der Waals surface area (Å²) >= 11 is 5.77. The Morgan fingerprint density at radius 3 is 2.33 bits per heavy atom. The first-order chi connectivity index (χ1) is 8.59. The van der Waals surface area contributed by atoms with Crippen LogP contribution in [0.3, 0.4) is 0 Å². The summed E-state index contributed by atoms with van der Waals surface area (Å²) in [7, 11) is 0. The Kier molecular flexibility index (Phi) is 3.58. The van der Waals surface area contributed by atoms with Crippen LogP contribution in [0.5, 0.6) is 0 Å². The molecule has 2 nitrogen and oxygen atoms in total. The second kappa shape index (κ2) is 5.14. The lowest BCUT2D eigenvalue weighted by atomic mass is 10.2. The SMILES string of the molecule is O=C(c1ccccc1)N(Cl)c1ccc(F)cc1F. The van der Waals surface area contributed by atoms with Crippen LogP contribution in [0.2, 0.25) is 0 Å². The molecule has 2 rings (SSSR count). The Hall–Kier alpha value is -1.94. The number of halogens is 3. The fourth-order valence-corrected chi connectivity index (χ4v) is 1.68. The van der Waals surface area contributed by atoms with Crippen molar-refractivity contribution in [1.82, 2.24) is 0 Å². The first-order valence-electron chi connectivity index (χ1n) is 5.10. The molecule has 0 radical (unpaired) electrons. The maximum atomic E-state index is 13.5. The minimum absolute atomic E-state index is 0.188. The van der Waals surface area contributed by atoms with E-state index in [9.17, 15) is 13.6 Å². The first-order valence-corrected chi connectivity index (χ1v) is 5.44. The molecule has 0 aliphatic heterocycles. The number of hydrogen-bond acceptors (Lipinski definition) is 1. The lowest BCUT2D eigenvalue weighted by Gasteiger charge is -2.14. The number of nitrogens with zero attached hydrogens (tertiary/aromatic N) is 1. The molecule has 0 N–H and O–H groups in total. The monoisotopic (exact) mass is 267 g/mol. The van der Waals surface area contributed by atoms with E-state index in [-0.39, 0.29) is 5.69 Å². The van der Waals surface area contributed by atoms with Gasteiger partial charge in [-0.2, -0.15) is 0 Å². The summed E-state index contributed by atoms with van der Waals surface area (Å²) < 4.78 is 26.8. The van der Waals surface area contributed by atoms with Crippen molar-refractivity contribution in [2.75, 3.05) is 4.42 Å². The molecule has 0 aliphatic rings. The molecule has 2 aromatic carbocycles. The van der Waals surface area contributed by atoms with Gasteiger partial charge in [0.1, 0.15) is 5.82 Å². The van der Waals surface area contributed by atoms with E-state index in [2.05, 4.69) is 0 Å². The van der Waals surface area contributed by atoms with Gasteiger partial charge in [0.25, 0.3) is 5.91 Å². The molecule has 0 aromatic heterocycles. The molecule has 1 amide bonds. The van der Waals surface area contributed by atoms with Gasteiger partial charge in [-0.15, -0.1) is 0 Å². The predicted octanol–water partition coefficient (Wildman–Crippen LogP) is 3.77. The highest BCUT2D eigenvalue weighted by Crippen LogP contribution is 2.23. The van der Waals surface area contributed by atoms with Crippen molar-refractivity contribution >= 4 is 23.4 Å². The fourth-order valence-electron chi connectivity index (χ4n) is 1.44. The van der Waals surface area contributed by atoms with Gasteiger partial charge in [-0.25, -0.2) is 13.2 Å². The number of carbonyl (C=O) groups excluding carboxylic acids is 1. The van der Waals surface area contributed by atoms with Crippen molar-refractivity contribution in [1.29, 1.82) is 0 Å². The third-order valence-electron chi connectivity index (χ3n) is 2.32. The average molecular weight is 268 g/mol. The highest BCUT2D eigenvalue weighted by Gasteiger charge is 2.19. The molecule has 0 aliphatic carbocycles. The summed E-state index contributed by atoms with van der Waals surface area (Å²) in [6.07, 6.45) is 0. The molecule has 18 heavy (non-hydrogen) atoms. The third-order valence-corrected chi connectivity index (χ3v) is 2.66. The molecule has 0 heterocycles. The molecule has 0 bridgehead atoms. The van der Waals surface area contributed by atoms with Gasteiger partial charge in [-0.3, -0.25) is 4.79 Å². The van der Waals surface area contributed by atoms with Gasteiger partial charge < -0.3 is 0 Å². The van der Waals surface area contributed by atoms with E-state index in [1.807, 2.05) is 0 Å². The van der Waals surface area contributed by atoms with Crippen LogP contribution in [0.25, 0.3) is 0 Å². The van der Waals surface area contributed by atoms with E-state index in [1.54, 1.807) is 30.3 Å². The van der Waals surface area contributed by atoms with Gasteiger partial charge >= 0.3 is 0 Å². The summed E-state index contributed by atoms with van der Waals surface area (Å²) in [4.78, 5) is 11.9. The van der Waals surface area contributed by atoms with Gasteiger partial charge in [-0.1, -0.05) is 18.2 Å². The Labute approximate surface area is 108 Å². The van der Waals surface area contributed by atoms with E-state index in [1.165, 1.54) is 0 Å². The molecular formula is C13H8ClF2NO. The summed E-state index contributed by atoms with van der Waals surface area (Å²) in [6.45, 7) is 0. The smallest absolute Gasteiger partial charge is 0.267 e. The first kappa shape index (κ1) is 12.5. The third kappa shape index (κ3) is 2.49. The molecule has 2 aromatic rings. The highest BCUT2D eigenvalue weighted by molar-refractivity contribution is 6.39. The van der Waals surface area contributed by atoms with Crippen molar-refractivity contribution in [2.24, 2.45) is 0 Å². The van der Waals surface area contributed by atoms with Crippen LogP contribution in [-0.4, -0.2) is 5.91 Å². The lowest BCUT2D eigenvalue weighted by Crippen LogP contribution is -2.21. The fraction of sp³-hybridized carbons (Fsp3) is 0. The second-order valence-electron chi connectivity index (χ2n) is 3.55. The van der Waals surface area contributed by atoms with Crippen molar-refractivity contribution < 1.29 is 13.6 Å². The van der Waals surface area contributed by atoms with Crippen LogP contribution >= 0.6 is 11.8 Å². The van der Waals surface area contributed by atoms with E-state index < -0.39 is 17.5 Å². The van der Waals surface area contributed by atoms with Crippen molar-refractivity contribution in [2.45, 2.75) is 0 Å². The molecule has 0 saturated heterocycles. The topological polar surface area (TPSA) is 20.3 Å². The van der Waals surface area contributed by atoms with Gasteiger partial charge in [0.05, 0.1) is 5.69 Å². The van der Waals surface area contributed by atoms with Crippen LogP contribution in [0.4, 0.5) is 14.5 Å². The Morgan fingerprint density at radius 1 is 1.06 bits per heavy atom. The number of rotatable bonds is 2. The molecule has 0 unspecified atom stereocenters. The summed E-state index contributed by atoms with van der Waals surface area (Å²) in [6, 6.07) is 11.0. The van der Waals surface area contributed by atoms with E-state index in [4.69, 9.17) is 11.8 Å². The predicted molar refractivity (Wildman–Crippen MR) is 65.5 cm³/mol. The molecule has 0 spiro atoms. The Balaban J connectivity index is 2.31. The van der Waals surface area contributed by atoms with Crippen molar-refractivity contribution in [3.63, 3.8) is 0 Å². The maximum Gasteiger partial charge on any atom is 0.273 e. The average Bonchev–Trinajstić information content (AvgIpc) is 2.38. The maximum absolute atomic E-state index is 13.5. The minimum atomic E-state index is -0.894. The second-order valence-corrected chi connectivity index (χ2v) is 3.89. The quantitative estimate of drug-likeness (QED) is 0.759.